The highest BCUT2D eigenvalue weighted by molar-refractivity contribution is 6.31. The standard InChI is InChI=1S/C19H20ClN3O/c20-15-8-9-18-17(11-15)19(24-13-14-5-4-10-21-12-14)22-23(18)16-6-2-1-3-7-16/h1-3,6-9,11,14,21H,4-5,10,12-13H2. The molecule has 0 amide bonds. The fraction of sp³-hybridized carbons (Fsp3) is 0.316. The second kappa shape index (κ2) is 6.83. The van der Waals surface area contributed by atoms with Crippen LogP contribution in [0.2, 0.25) is 5.02 Å². The molecule has 1 unspecified atom stereocenters. The number of para-hydroxylation sites is 1. The maximum atomic E-state index is 6.19. The number of hydrogen-bond acceptors (Lipinski definition) is 3. The Bertz CT molecular complexity index is 825. The molecule has 0 bridgehead atoms. The monoisotopic (exact) mass is 341 g/mol. The van der Waals surface area contributed by atoms with Gasteiger partial charge in [0.05, 0.1) is 23.2 Å². The first-order valence-corrected chi connectivity index (χ1v) is 8.76. The maximum Gasteiger partial charge on any atom is 0.241 e. The van der Waals surface area contributed by atoms with Crippen molar-refractivity contribution >= 4 is 22.5 Å². The van der Waals surface area contributed by atoms with Crippen LogP contribution < -0.4 is 10.1 Å². The number of hydrogen-bond donors (Lipinski definition) is 1. The average molecular weight is 342 g/mol. The first-order valence-electron chi connectivity index (χ1n) is 8.38. The van der Waals surface area contributed by atoms with E-state index in [4.69, 9.17) is 21.4 Å². The average Bonchev–Trinajstić information content (AvgIpc) is 2.99. The number of piperidine rings is 1. The molecule has 2 aromatic carbocycles. The van der Waals surface area contributed by atoms with Gasteiger partial charge in [-0.2, -0.15) is 0 Å². The third-order valence-corrected chi connectivity index (χ3v) is 4.70. The molecule has 1 N–H and O–H groups in total. The number of aromatic nitrogens is 2. The maximum absolute atomic E-state index is 6.19. The molecule has 124 valence electrons. The summed E-state index contributed by atoms with van der Waals surface area (Å²) in [4.78, 5) is 0. The lowest BCUT2D eigenvalue weighted by Crippen LogP contribution is -2.33. The molecular formula is C19H20ClN3O. The van der Waals surface area contributed by atoms with Crippen molar-refractivity contribution in [2.45, 2.75) is 12.8 Å². The first kappa shape index (κ1) is 15.5. The lowest BCUT2D eigenvalue weighted by molar-refractivity contribution is 0.213. The Morgan fingerprint density at radius 2 is 2.08 bits per heavy atom. The zero-order valence-electron chi connectivity index (χ0n) is 13.4. The highest BCUT2D eigenvalue weighted by atomic mass is 35.5. The summed E-state index contributed by atoms with van der Waals surface area (Å²) in [5, 5.41) is 9.77. The molecule has 0 aliphatic carbocycles. The molecule has 4 nitrogen and oxygen atoms in total. The quantitative estimate of drug-likeness (QED) is 0.778. The van der Waals surface area contributed by atoms with Crippen LogP contribution in [0.15, 0.2) is 48.5 Å². The minimum atomic E-state index is 0.537. The summed E-state index contributed by atoms with van der Waals surface area (Å²) in [5.74, 6) is 1.19. The Morgan fingerprint density at radius 1 is 1.21 bits per heavy atom. The molecule has 1 aromatic heterocycles. The highest BCUT2D eigenvalue weighted by Crippen LogP contribution is 2.30. The first-order chi connectivity index (χ1) is 11.8. The van der Waals surface area contributed by atoms with Crippen molar-refractivity contribution in [1.29, 1.82) is 0 Å². The van der Waals surface area contributed by atoms with Crippen LogP contribution in [0.4, 0.5) is 0 Å². The van der Waals surface area contributed by atoms with E-state index in [1.54, 1.807) is 0 Å². The van der Waals surface area contributed by atoms with Crippen LogP contribution >= 0.6 is 11.6 Å². The normalized spacial score (nSPS) is 18.0. The minimum absolute atomic E-state index is 0.537. The van der Waals surface area contributed by atoms with E-state index in [0.29, 0.717) is 23.4 Å². The van der Waals surface area contributed by atoms with Crippen molar-refractivity contribution in [3.63, 3.8) is 0 Å². The fourth-order valence-corrected chi connectivity index (χ4v) is 3.37. The van der Waals surface area contributed by atoms with Gasteiger partial charge in [0.2, 0.25) is 5.88 Å². The zero-order chi connectivity index (χ0) is 16.4. The van der Waals surface area contributed by atoms with Gasteiger partial charge in [-0.15, -0.1) is 5.10 Å². The number of ether oxygens (including phenoxy) is 1. The number of halogens is 1. The molecule has 5 heteroatoms. The number of benzene rings is 2. The summed E-state index contributed by atoms with van der Waals surface area (Å²) in [5.41, 5.74) is 2.02. The molecule has 1 aliphatic rings. The molecule has 1 saturated heterocycles. The Labute approximate surface area is 146 Å². The zero-order valence-corrected chi connectivity index (χ0v) is 14.2. The topological polar surface area (TPSA) is 39.1 Å². The van der Waals surface area contributed by atoms with Gasteiger partial charge in [0.1, 0.15) is 0 Å². The number of fused-ring (bicyclic) bond motifs is 1. The lowest BCUT2D eigenvalue weighted by Gasteiger charge is -2.22. The number of nitrogens with one attached hydrogen (secondary N) is 1. The molecule has 0 saturated carbocycles. The van der Waals surface area contributed by atoms with E-state index in [1.165, 1.54) is 12.8 Å². The van der Waals surface area contributed by atoms with Gasteiger partial charge in [-0.05, 0) is 49.7 Å². The van der Waals surface area contributed by atoms with E-state index >= 15 is 0 Å². The minimum Gasteiger partial charge on any atom is -0.476 e. The van der Waals surface area contributed by atoms with Crippen molar-refractivity contribution in [1.82, 2.24) is 15.1 Å². The third-order valence-electron chi connectivity index (χ3n) is 4.46. The Balaban J connectivity index is 1.68. The predicted octanol–water partition coefficient (Wildman–Crippen LogP) is 4.06. The number of rotatable bonds is 4. The molecule has 1 aliphatic heterocycles. The van der Waals surface area contributed by atoms with Crippen LogP contribution in [-0.4, -0.2) is 29.5 Å². The largest absolute Gasteiger partial charge is 0.476 e. The smallest absolute Gasteiger partial charge is 0.241 e. The van der Waals surface area contributed by atoms with Gasteiger partial charge >= 0.3 is 0 Å². The lowest BCUT2D eigenvalue weighted by atomic mass is 10.0. The third kappa shape index (κ3) is 3.12. The molecule has 2 heterocycles. The van der Waals surface area contributed by atoms with Crippen molar-refractivity contribution in [2.75, 3.05) is 19.7 Å². The summed E-state index contributed by atoms with van der Waals surface area (Å²) >= 11 is 6.19. The van der Waals surface area contributed by atoms with Crippen LogP contribution in [-0.2, 0) is 0 Å². The molecule has 4 rings (SSSR count). The van der Waals surface area contributed by atoms with Crippen LogP contribution in [0.3, 0.4) is 0 Å². The van der Waals surface area contributed by atoms with Crippen molar-refractivity contribution in [3.05, 3.63) is 53.6 Å². The molecule has 0 spiro atoms. The fourth-order valence-electron chi connectivity index (χ4n) is 3.20. The molecule has 3 aromatic rings. The van der Waals surface area contributed by atoms with E-state index < -0.39 is 0 Å². The van der Waals surface area contributed by atoms with Crippen LogP contribution in [0.1, 0.15) is 12.8 Å². The summed E-state index contributed by atoms with van der Waals surface area (Å²) < 4.78 is 8.00. The summed E-state index contributed by atoms with van der Waals surface area (Å²) in [6.07, 6.45) is 2.41. The van der Waals surface area contributed by atoms with Crippen LogP contribution in [0.25, 0.3) is 16.6 Å². The highest BCUT2D eigenvalue weighted by Gasteiger charge is 2.17. The second-order valence-electron chi connectivity index (χ2n) is 6.24. The Hall–Kier alpha value is -2.04. The Morgan fingerprint density at radius 3 is 2.88 bits per heavy atom. The van der Waals surface area contributed by atoms with Gasteiger partial charge in [-0.25, -0.2) is 4.68 Å². The summed E-state index contributed by atoms with van der Waals surface area (Å²) in [6, 6.07) is 15.9. The van der Waals surface area contributed by atoms with Gasteiger partial charge in [-0.1, -0.05) is 29.8 Å². The van der Waals surface area contributed by atoms with Gasteiger partial charge in [0.25, 0.3) is 0 Å². The van der Waals surface area contributed by atoms with E-state index in [9.17, 15) is 0 Å². The van der Waals surface area contributed by atoms with E-state index in [-0.39, 0.29) is 0 Å². The number of nitrogens with zero attached hydrogens (tertiary/aromatic N) is 2. The van der Waals surface area contributed by atoms with Crippen molar-refractivity contribution in [3.8, 4) is 11.6 Å². The molecule has 1 fully saturated rings. The molecule has 1 atom stereocenters. The van der Waals surface area contributed by atoms with Gasteiger partial charge in [0.15, 0.2) is 0 Å². The Kier molecular flexibility index (Phi) is 4.41. The second-order valence-corrected chi connectivity index (χ2v) is 6.67. The van der Waals surface area contributed by atoms with Gasteiger partial charge < -0.3 is 10.1 Å². The molecular weight excluding hydrogens is 322 g/mol. The van der Waals surface area contributed by atoms with Gasteiger partial charge in [-0.3, -0.25) is 0 Å². The summed E-state index contributed by atoms with van der Waals surface area (Å²) in [6.45, 7) is 2.80. The van der Waals surface area contributed by atoms with Crippen molar-refractivity contribution < 1.29 is 4.74 Å². The van der Waals surface area contributed by atoms with E-state index in [2.05, 4.69) is 5.32 Å². The predicted molar refractivity (Wildman–Crippen MR) is 97.2 cm³/mol. The van der Waals surface area contributed by atoms with Crippen LogP contribution in [0, 0.1) is 5.92 Å². The SMILES string of the molecule is Clc1ccc2c(c1)c(OCC1CCCNC1)nn2-c1ccccc1. The molecule has 24 heavy (non-hydrogen) atoms. The van der Waals surface area contributed by atoms with Gasteiger partial charge in [0, 0.05) is 17.5 Å². The van der Waals surface area contributed by atoms with E-state index in [0.717, 1.165) is 29.7 Å². The van der Waals surface area contributed by atoms with E-state index in [1.807, 2.05) is 53.2 Å². The van der Waals surface area contributed by atoms with Crippen LogP contribution in [0.5, 0.6) is 5.88 Å². The summed E-state index contributed by atoms with van der Waals surface area (Å²) in [7, 11) is 0. The van der Waals surface area contributed by atoms with Crippen molar-refractivity contribution in [2.24, 2.45) is 5.92 Å². The molecule has 0 radical (unpaired) electrons.